The van der Waals surface area contributed by atoms with Crippen LogP contribution in [0.25, 0.3) is 182 Å². The van der Waals surface area contributed by atoms with E-state index in [2.05, 4.69) is 491 Å². The highest BCUT2D eigenvalue weighted by Crippen LogP contribution is 2.44. The summed E-state index contributed by atoms with van der Waals surface area (Å²) in [5.41, 5.74) is 33.2. The first kappa shape index (κ1) is 72.7. The van der Waals surface area contributed by atoms with Crippen LogP contribution in [0.1, 0.15) is 0 Å². The van der Waals surface area contributed by atoms with Gasteiger partial charge >= 0.3 is 0 Å². The normalized spacial score (nSPS) is 11.5. The van der Waals surface area contributed by atoms with Gasteiger partial charge in [-0.25, -0.2) is 0 Å². The number of para-hydroxylation sites is 7. The number of hydrogen-bond donors (Lipinski definition) is 0. The van der Waals surface area contributed by atoms with Crippen molar-refractivity contribution in [1.82, 2.24) is 13.7 Å². The summed E-state index contributed by atoms with van der Waals surface area (Å²) in [7, 11) is 0. The fourth-order valence-corrected chi connectivity index (χ4v) is 18.6. The predicted molar refractivity (Wildman–Crippen MR) is 523 cm³/mol. The monoisotopic (exact) mass is 1580 g/mol. The SMILES string of the molecule is c1ccc(-c2ccc(-c3ccc(N(c4ccc(-c5ccc(-c6ccc7oc8ccccc8c7c6)cc5)cc4)c4ccc(-n5c6ccccc6c6ccccc65)cc4)cc3)cc2)cc1.c1ccc2cc(-c3ccc(-c4ccc(N(c5ccc(-n6c7ccccc7c7ccccc76)cc5)c5ccc(-n6c7ccccc7c7ccccc76)cc5)cc4)cc3)ccc2c1. The van der Waals surface area contributed by atoms with Crippen molar-refractivity contribution >= 4 is 132 Å². The Morgan fingerprint density at radius 3 is 0.710 bits per heavy atom. The Bertz CT molecular complexity index is 7770. The van der Waals surface area contributed by atoms with Gasteiger partial charge in [0, 0.05) is 94.3 Å². The summed E-state index contributed by atoms with van der Waals surface area (Å²) in [6.45, 7) is 0. The molecule has 20 aromatic carbocycles. The number of nitrogens with zero attached hydrogens (tertiary/aromatic N) is 5. The molecule has 0 amide bonds. The van der Waals surface area contributed by atoms with E-state index >= 15 is 0 Å². The van der Waals surface area contributed by atoms with Gasteiger partial charge in [0.05, 0.1) is 33.1 Å². The molecule has 4 aromatic heterocycles. The zero-order chi connectivity index (χ0) is 82.0. The molecule has 0 radical (unpaired) electrons. The van der Waals surface area contributed by atoms with Crippen molar-refractivity contribution in [3.8, 4) is 83.8 Å². The van der Waals surface area contributed by atoms with Gasteiger partial charge in [0.1, 0.15) is 11.2 Å². The smallest absolute Gasteiger partial charge is 0.135 e. The van der Waals surface area contributed by atoms with Gasteiger partial charge in [-0.3, -0.25) is 0 Å². The molecule has 4 heterocycles. The predicted octanol–water partition coefficient (Wildman–Crippen LogP) is 32.7. The Labute approximate surface area is 718 Å². The third-order valence-electron chi connectivity index (χ3n) is 24.8. The van der Waals surface area contributed by atoms with Gasteiger partial charge in [0.2, 0.25) is 0 Å². The molecule has 0 bridgehead atoms. The van der Waals surface area contributed by atoms with E-state index in [4.69, 9.17) is 4.42 Å². The fourth-order valence-electron chi connectivity index (χ4n) is 18.6. The lowest BCUT2D eigenvalue weighted by molar-refractivity contribution is 0.669. The Morgan fingerprint density at radius 2 is 0.371 bits per heavy atom. The van der Waals surface area contributed by atoms with Crippen LogP contribution in [0.4, 0.5) is 34.1 Å². The fraction of sp³-hybridized carbons (Fsp3) is 0. The molecule has 24 rings (SSSR count). The van der Waals surface area contributed by atoms with Gasteiger partial charge in [-0.05, 0) is 247 Å². The minimum absolute atomic E-state index is 0.912. The molecule has 0 N–H and O–H groups in total. The van der Waals surface area contributed by atoms with E-state index in [-0.39, 0.29) is 0 Å². The largest absolute Gasteiger partial charge is 0.456 e. The lowest BCUT2D eigenvalue weighted by Crippen LogP contribution is -2.10. The van der Waals surface area contributed by atoms with Crippen molar-refractivity contribution in [2.24, 2.45) is 0 Å². The number of hydrogen-bond acceptors (Lipinski definition) is 3. The summed E-state index contributed by atoms with van der Waals surface area (Å²) in [5.74, 6) is 0. The van der Waals surface area contributed by atoms with Crippen molar-refractivity contribution in [2.75, 3.05) is 9.80 Å². The molecular weight excluding hydrogens is 1500 g/mol. The Morgan fingerprint density at radius 1 is 0.145 bits per heavy atom. The quantitative estimate of drug-likeness (QED) is 0.103. The summed E-state index contributed by atoms with van der Waals surface area (Å²) in [4.78, 5) is 4.71. The Kier molecular flexibility index (Phi) is 18.2. The van der Waals surface area contributed by atoms with E-state index in [1.165, 1.54) is 137 Å². The maximum atomic E-state index is 6.09. The molecule has 0 aliphatic carbocycles. The van der Waals surface area contributed by atoms with Gasteiger partial charge in [-0.2, -0.15) is 0 Å². The van der Waals surface area contributed by atoms with E-state index in [1.54, 1.807) is 0 Å². The van der Waals surface area contributed by atoms with Crippen LogP contribution in [0.5, 0.6) is 0 Å². The number of anilines is 6. The number of aromatic nitrogens is 3. The van der Waals surface area contributed by atoms with Crippen LogP contribution in [-0.4, -0.2) is 13.7 Å². The number of furan rings is 1. The maximum absolute atomic E-state index is 6.09. The highest BCUT2D eigenvalue weighted by molar-refractivity contribution is 6.12. The van der Waals surface area contributed by atoms with E-state index < -0.39 is 0 Å². The highest BCUT2D eigenvalue weighted by atomic mass is 16.3. The molecule has 0 saturated heterocycles. The van der Waals surface area contributed by atoms with Crippen molar-refractivity contribution in [2.45, 2.75) is 0 Å². The molecule has 24 aromatic rings. The molecule has 124 heavy (non-hydrogen) atoms. The number of rotatable bonds is 15. The topological polar surface area (TPSA) is 34.4 Å². The van der Waals surface area contributed by atoms with Crippen LogP contribution >= 0.6 is 0 Å². The van der Waals surface area contributed by atoms with Crippen LogP contribution in [-0.2, 0) is 0 Å². The zero-order valence-electron chi connectivity index (χ0n) is 67.8. The van der Waals surface area contributed by atoms with Crippen molar-refractivity contribution in [3.05, 3.63) is 479 Å². The summed E-state index contributed by atoms with van der Waals surface area (Å²) in [6.07, 6.45) is 0. The van der Waals surface area contributed by atoms with E-state index in [9.17, 15) is 0 Å². The average molecular weight is 1580 g/mol. The molecular formula is C118H79N5O. The van der Waals surface area contributed by atoms with E-state index in [0.717, 1.165) is 78.7 Å². The molecule has 0 fully saturated rings. The summed E-state index contributed by atoms with van der Waals surface area (Å²) < 4.78 is 13.2. The minimum atomic E-state index is 0.912. The first-order valence-corrected chi connectivity index (χ1v) is 42.4. The highest BCUT2D eigenvalue weighted by Gasteiger charge is 2.22. The van der Waals surface area contributed by atoms with Crippen LogP contribution in [0.3, 0.4) is 0 Å². The van der Waals surface area contributed by atoms with Gasteiger partial charge in [-0.1, -0.05) is 309 Å². The molecule has 6 nitrogen and oxygen atoms in total. The summed E-state index contributed by atoms with van der Waals surface area (Å²) in [5, 5.41) is 12.4. The third kappa shape index (κ3) is 13.2. The minimum Gasteiger partial charge on any atom is -0.456 e. The van der Waals surface area contributed by atoms with Gasteiger partial charge in [0.25, 0.3) is 0 Å². The van der Waals surface area contributed by atoms with Gasteiger partial charge in [0.15, 0.2) is 0 Å². The first-order valence-electron chi connectivity index (χ1n) is 42.4. The number of fused-ring (bicyclic) bond motifs is 13. The standard InChI is InChI=1S/C60H40N2O.C58H39N3/c1-2-10-41(11-3-1)42-18-20-43(21-19-42)45-26-31-49(32-27-45)61(51-35-37-52(38-36-51)62-57-15-7-4-12-53(57)54-13-5-8-16-58(54)62)50-33-28-46(29-34-50)44-22-24-47(25-23-44)48-30-39-60-56(40-48)55-14-6-9-17-59(55)63-60;1-2-12-44-39-45(26-25-40(44)11-1)43-23-21-41(22-24-43)42-27-29-46(30-28-42)59(47-31-35-49(36-32-47)60-55-17-7-3-13-51(55)52-14-4-8-18-56(52)60)48-33-37-50(38-34-48)61-57-19-9-5-15-53(57)54-16-6-10-20-58(54)61/h1-40H;1-39H. The van der Waals surface area contributed by atoms with E-state index in [0.29, 0.717) is 0 Å². The molecule has 6 heteroatoms. The van der Waals surface area contributed by atoms with Gasteiger partial charge < -0.3 is 27.9 Å². The Hall–Kier alpha value is -16.5. The lowest BCUT2D eigenvalue weighted by atomic mass is 9.98. The molecule has 0 atom stereocenters. The summed E-state index contributed by atoms with van der Waals surface area (Å²) in [6, 6.07) is 173. The average Bonchev–Trinajstić information content (AvgIpc) is 1.60. The second-order valence-electron chi connectivity index (χ2n) is 31.9. The van der Waals surface area contributed by atoms with Crippen LogP contribution < -0.4 is 9.80 Å². The first-order chi connectivity index (χ1) is 61.5. The molecule has 0 spiro atoms. The van der Waals surface area contributed by atoms with Crippen LogP contribution in [0.15, 0.2) is 484 Å². The molecule has 0 aliphatic rings. The molecule has 582 valence electrons. The second-order valence-corrected chi connectivity index (χ2v) is 31.9. The van der Waals surface area contributed by atoms with Crippen LogP contribution in [0, 0.1) is 0 Å². The molecule has 0 unspecified atom stereocenters. The second kappa shape index (κ2) is 31.0. The maximum Gasteiger partial charge on any atom is 0.135 e. The lowest BCUT2D eigenvalue weighted by Gasteiger charge is -2.26. The van der Waals surface area contributed by atoms with Crippen molar-refractivity contribution < 1.29 is 4.42 Å². The Balaban J connectivity index is 0.000000143. The number of benzene rings is 20. The molecule has 0 saturated carbocycles. The van der Waals surface area contributed by atoms with E-state index in [1.807, 2.05) is 12.1 Å². The van der Waals surface area contributed by atoms with Crippen molar-refractivity contribution in [3.63, 3.8) is 0 Å². The zero-order valence-corrected chi connectivity index (χ0v) is 67.8. The van der Waals surface area contributed by atoms with Crippen LogP contribution in [0.2, 0.25) is 0 Å². The van der Waals surface area contributed by atoms with Gasteiger partial charge in [-0.15, -0.1) is 0 Å². The third-order valence-corrected chi connectivity index (χ3v) is 24.8. The van der Waals surface area contributed by atoms with Crippen molar-refractivity contribution in [1.29, 1.82) is 0 Å². The summed E-state index contributed by atoms with van der Waals surface area (Å²) >= 11 is 0. The molecule has 0 aliphatic heterocycles.